The SMILES string of the molecule is C=CC(=O)NC1=CC(=O)N=N1. The summed E-state index contributed by atoms with van der Waals surface area (Å²) in [6, 6.07) is 0. The predicted octanol–water partition coefficient (Wildman–Crippen LogP) is 0.122. The van der Waals surface area contributed by atoms with Crippen LogP contribution in [0.2, 0.25) is 0 Å². The first kappa shape index (κ1) is 7.33. The van der Waals surface area contributed by atoms with Gasteiger partial charge in [0.15, 0.2) is 5.82 Å². The van der Waals surface area contributed by atoms with E-state index in [9.17, 15) is 9.59 Å². The van der Waals surface area contributed by atoms with Crippen LogP contribution in [0.5, 0.6) is 0 Å². The molecule has 1 rings (SSSR count). The molecule has 0 bridgehead atoms. The van der Waals surface area contributed by atoms with Crippen LogP contribution in [0.1, 0.15) is 0 Å². The first-order chi connectivity index (χ1) is 5.22. The van der Waals surface area contributed by atoms with Crippen molar-refractivity contribution in [2.75, 3.05) is 0 Å². The van der Waals surface area contributed by atoms with Gasteiger partial charge in [-0.05, 0) is 6.08 Å². The Kier molecular flexibility index (Phi) is 1.91. The van der Waals surface area contributed by atoms with Gasteiger partial charge in [-0.2, -0.15) is 0 Å². The Labute approximate surface area is 62.5 Å². The fourth-order valence-electron chi connectivity index (χ4n) is 0.516. The molecule has 0 fully saturated rings. The first-order valence-electron chi connectivity index (χ1n) is 2.83. The third kappa shape index (κ3) is 1.82. The molecule has 1 aliphatic rings. The highest BCUT2D eigenvalue weighted by molar-refractivity contribution is 5.93. The lowest BCUT2D eigenvalue weighted by Gasteiger charge is -1.93. The summed E-state index contributed by atoms with van der Waals surface area (Å²) >= 11 is 0. The van der Waals surface area contributed by atoms with Gasteiger partial charge >= 0.3 is 0 Å². The van der Waals surface area contributed by atoms with Crippen LogP contribution in [0, 0.1) is 0 Å². The molecule has 1 heterocycles. The fraction of sp³-hybridized carbons (Fsp3) is 0. The maximum Gasteiger partial charge on any atom is 0.292 e. The Balaban J connectivity index is 2.59. The summed E-state index contributed by atoms with van der Waals surface area (Å²) in [6.45, 7) is 3.23. The molecule has 0 aromatic carbocycles. The Morgan fingerprint density at radius 3 is 2.82 bits per heavy atom. The van der Waals surface area contributed by atoms with Gasteiger partial charge in [0.05, 0.1) is 6.08 Å². The molecule has 5 heteroatoms. The topological polar surface area (TPSA) is 70.9 Å². The zero-order valence-corrected chi connectivity index (χ0v) is 5.57. The number of amides is 2. The van der Waals surface area contributed by atoms with Gasteiger partial charge in [-0.3, -0.25) is 9.59 Å². The molecule has 0 unspecified atom stereocenters. The summed E-state index contributed by atoms with van der Waals surface area (Å²) in [5.41, 5.74) is 0. The van der Waals surface area contributed by atoms with E-state index in [0.717, 1.165) is 12.2 Å². The Morgan fingerprint density at radius 1 is 1.64 bits per heavy atom. The normalized spacial score (nSPS) is 14.5. The van der Waals surface area contributed by atoms with Crippen LogP contribution in [-0.4, -0.2) is 11.8 Å². The van der Waals surface area contributed by atoms with E-state index in [1.807, 2.05) is 0 Å². The minimum atomic E-state index is -0.468. The van der Waals surface area contributed by atoms with E-state index in [1.54, 1.807) is 0 Å². The Bertz CT molecular complexity index is 278. The average Bonchev–Trinajstić information content (AvgIpc) is 2.35. The number of hydrogen-bond donors (Lipinski definition) is 1. The zero-order valence-electron chi connectivity index (χ0n) is 5.57. The lowest BCUT2D eigenvalue weighted by molar-refractivity contribution is -0.115. The average molecular weight is 151 g/mol. The molecular weight excluding hydrogens is 146 g/mol. The molecule has 1 N–H and O–H groups in total. The molecule has 1 aliphatic heterocycles. The van der Waals surface area contributed by atoms with Gasteiger partial charge in [0.1, 0.15) is 0 Å². The molecule has 2 amide bonds. The van der Waals surface area contributed by atoms with E-state index in [0.29, 0.717) is 0 Å². The van der Waals surface area contributed by atoms with E-state index in [2.05, 4.69) is 22.1 Å². The lowest BCUT2D eigenvalue weighted by Crippen LogP contribution is -2.18. The molecule has 11 heavy (non-hydrogen) atoms. The number of hydrogen-bond acceptors (Lipinski definition) is 3. The highest BCUT2D eigenvalue weighted by atomic mass is 16.2. The monoisotopic (exact) mass is 151 g/mol. The molecule has 0 aromatic rings. The van der Waals surface area contributed by atoms with Gasteiger partial charge in [0.25, 0.3) is 5.91 Å². The van der Waals surface area contributed by atoms with Crippen molar-refractivity contribution >= 4 is 11.8 Å². The van der Waals surface area contributed by atoms with Gasteiger partial charge in [-0.15, -0.1) is 10.2 Å². The second-order valence-electron chi connectivity index (χ2n) is 1.76. The fourth-order valence-corrected chi connectivity index (χ4v) is 0.516. The Hall–Kier alpha value is -1.78. The molecule has 0 radical (unpaired) electrons. The molecule has 0 aliphatic carbocycles. The summed E-state index contributed by atoms with van der Waals surface area (Å²) in [5, 5.41) is 8.79. The standard InChI is InChI=1S/C6H5N3O2/c1-2-5(10)7-4-3-6(11)9-8-4/h2-3H,1H2,(H,7,10). The smallest absolute Gasteiger partial charge is 0.292 e. The number of nitrogens with zero attached hydrogens (tertiary/aromatic N) is 2. The number of carbonyl (C=O) groups excluding carboxylic acids is 2. The van der Waals surface area contributed by atoms with E-state index in [1.165, 1.54) is 0 Å². The minimum absolute atomic E-state index is 0.153. The van der Waals surface area contributed by atoms with Crippen LogP contribution < -0.4 is 5.32 Å². The molecule has 0 aromatic heterocycles. The van der Waals surface area contributed by atoms with Crippen molar-refractivity contribution in [3.05, 3.63) is 24.6 Å². The summed E-state index contributed by atoms with van der Waals surface area (Å²) in [7, 11) is 0. The van der Waals surface area contributed by atoms with Gasteiger partial charge in [-0.1, -0.05) is 6.58 Å². The highest BCUT2D eigenvalue weighted by Crippen LogP contribution is 2.02. The molecule has 0 saturated carbocycles. The summed E-state index contributed by atoms with van der Waals surface area (Å²) in [6.07, 6.45) is 2.21. The van der Waals surface area contributed by atoms with Crippen molar-refractivity contribution in [3.63, 3.8) is 0 Å². The van der Waals surface area contributed by atoms with E-state index in [4.69, 9.17) is 0 Å². The van der Waals surface area contributed by atoms with Crippen LogP contribution in [0.3, 0.4) is 0 Å². The van der Waals surface area contributed by atoms with Gasteiger partial charge in [0, 0.05) is 0 Å². The van der Waals surface area contributed by atoms with Crippen molar-refractivity contribution in [1.82, 2.24) is 5.32 Å². The third-order valence-electron chi connectivity index (χ3n) is 0.953. The van der Waals surface area contributed by atoms with Crippen LogP contribution >= 0.6 is 0 Å². The van der Waals surface area contributed by atoms with Gasteiger partial charge in [0.2, 0.25) is 5.91 Å². The molecular formula is C6H5N3O2. The summed E-state index contributed by atoms with van der Waals surface area (Å²) < 4.78 is 0. The van der Waals surface area contributed by atoms with Crippen LogP contribution in [0.15, 0.2) is 34.8 Å². The van der Waals surface area contributed by atoms with E-state index < -0.39 is 11.8 Å². The van der Waals surface area contributed by atoms with Crippen LogP contribution in [-0.2, 0) is 9.59 Å². The second kappa shape index (κ2) is 2.87. The van der Waals surface area contributed by atoms with Crippen LogP contribution in [0.4, 0.5) is 0 Å². The quantitative estimate of drug-likeness (QED) is 0.569. The largest absolute Gasteiger partial charge is 0.305 e. The zero-order chi connectivity index (χ0) is 8.27. The Morgan fingerprint density at radius 2 is 2.36 bits per heavy atom. The maximum atomic E-state index is 10.6. The maximum absolute atomic E-state index is 10.6. The van der Waals surface area contributed by atoms with Crippen molar-refractivity contribution in [2.45, 2.75) is 0 Å². The number of carbonyl (C=O) groups is 2. The predicted molar refractivity (Wildman–Crippen MR) is 36.3 cm³/mol. The van der Waals surface area contributed by atoms with Gasteiger partial charge < -0.3 is 5.32 Å². The van der Waals surface area contributed by atoms with Crippen molar-refractivity contribution in [1.29, 1.82) is 0 Å². The minimum Gasteiger partial charge on any atom is -0.305 e. The number of nitrogens with one attached hydrogen (secondary N) is 1. The van der Waals surface area contributed by atoms with E-state index in [-0.39, 0.29) is 5.82 Å². The van der Waals surface area contributed by atoms with E-state index >= 15 is 0 Å². The summed E-state index contributed by atoms with van der Waals surface area (Å²) in [4.78, 5) is 21.0. The van der Waals surface area contributed by atoms with Crippen molar-refractivity contribution in [3.8, 4) is 0 Å². The number of azo groups is 1. The second-order valence-corrected chi connectivity index (χ2v) is 1.76. The molecule has 0 saturated heterocycles. The molecule has 56 valence electrons. The lowest BCUT2D eigenvalue weighted by atomic mass is 10.5. The van der Waals surface area contributed by atoms with Crippen LogP contribution in [0.25, 0.3) is 0 Å². The third-order valence-corrected chi connectivity index (χ3v) is 0.953. The summed E-state index contributed by atoms with van der Waals surface area (Å²) in [5.74, 6) is -0.728. The molecule has 5 nitrogen and oxygen atoms in total. The van der Waals surface area contributed by atoms with Crippen molar-refractivity contribution < 1.29 is 9.59 Å². The molecule has 0 atom stereocenters. The molecule has 0 spiro atoms. The first-order valence-corrected chi connectivity index (χ1v) is 2.83. The number of rotatable bonds is 2. The highest BCUT2D eigenvalue weighted by Gasteiger charge is 2.08. The van der Waals surface area contributed by atoms with Gasteiger partial charge in [-0.25, -0.2) is 0 Å². The van der Waals surface area contributed by atoms with Crippen molar-refractivity contribution in [2.24, 2.45) is 10.2 Å².